The van der Waals surface area contributed by atoms with Crippen molar-refractivity contribution in [3.63, 3.8) is 0 Å². The smallest absolute Gasteiger partial charge is 0.387 e. The number of aromatic nitrogens is 4. The molecule has 3 rings (SSSR count). The highest BCUT2D eigenvalue weighted by Gasteiger charge is 2.45. The van der Waals surface area contributed by atoms with Gasteiger partial charge in [0.25, 0.3) is 0 Å². The molecule has 8 N–H and O–H groups in total. The Morgan fingerprint density at radius 1 is 1.30 bits per heavy atom. The van der Waals surface area contributed by atoms with Crippen molar-refractivity contribution in [1.82, 2.24) is 19.5 Å². The molecule has 15 heteroatoms. The third-order valence-electron chi connectivity index (χ3n) is 3.53. The molecule has 1 aliphatic rings. The number of aliphatic hydroxyl groups is 2. The van der Waals surface area contributed by atoms with Crippen LogP contribution in [0, 0.1) is 0 Å². The first-order chi connectivity index (χ1) is 12.7. The first-order valence-electron chi connectivity index (χ1n) is 7.65. The average molecular weight is 424 g/mol. The van der Waals surface area contributed by atoms with Gasteiger partial charge in [-0.15, -0.1) is 0 Å². The van der Waals surface area contributed by atoms with Crippen LogP contribution < -0.4 is 11.5 Å². The maximum absolute atomic E-state index is 10.7. The Labute approximate surface area is 159 Å². The molecule has 1 saturated heterocycles. The first-order valence-corrected chi connectivity index (χ1v) is 9.81. The van der Waals surface area contributed by atoms with E-state index >= 15 is 0 Å². The molecule has 1 fully saturated rings. The molecule has 0 unspecified atom stereocenters. The van der Waals surface area contributed by atoms with Gasteiger partial charge in [-0.2, -0.15) is 12.6 Å². The number of rotatable bonds is 5. The zero-order chi connectivity index (χ0) is 20.2. The van der Waals surface area contributed by atoms with Crippen molar-refractivity contribution in [3.8, 4) is 0 Å². The monoisotopic (exact) mass is 424 g/mol. The second-order valence-corrected chi connectivity index (χ2v) is 7.11. The van der Waals surface area contributed by atoms with Crippen LogP contribution in [-0.4, -0.2) is 76.7 Å². The molecular weight excluding hydrogens is 403 g/mol. The van der Waals surface area contributed by atoms with E-state index in [0.717, 1.165) is 5.75 Å². The molecule has 1 aliphatic heterocycles. The number of anilines is 1. The summed E-state index contributed by atoms with van der Waals surface area (Å²) in [6.45, 7) is 0.0892. The molecule has 2 aromatic rings. The Morgan fingerprint density at radius 2 is 1.96 bits per heavy atom. The lowest BCUT2D eigenvalue weighted by Gasteiger charge is -2.16. The summed E-state index contributed by atoms with van der Waals surface area (Å²) < 4.78 is 21.8. The molecule has 27 heavy (non-hydrogen) atoms. The fourth-order valence-corrected chi connectivity index (χ4v) is 2.66. The minimum atomic E-state index is -4.72. The second-order valence-electron chi connectivity index (χ2n) is 5.43. The largest absolute Gasteiger partial charge is 0.469 e. The molecule has 0 aliphatic carbocycles. The van der Waals surface area contributed by atoms with Crippen molar-refractivity contribution >= 4 is 37.4 Å². The maximum Gasteiger partial charge on any atom is 0.469 e. The van der Waals surface area contributed by atoms with Gasteiger partial charge in [0.2, 0.25) is 0 Å². The summed E-state index contributed by atoms with van der Waals surface area (Å²) in [6.07, 6.45) is -2.49. The van der Waals surface area contributed by atoms with Crippen molar-refractivity contribution < 1.29 is 33.8 Å². The van der Waals surface area contributed by atoms with Gasteiger partial charge in [0.1, 0.15) is 30.2 Å². The van der Waals surface area contributed by atoms with Crippen LogP contribution >= 0.6 is 20.5 Å². The number of fused-ring (bicyclic) bond motifs is 1. The molecule has 0 spiro atoms. The van der Waals surface area contributed by atoms with Crippen LogP contribution in [0.5, 0.6) is 0 Å². The number of phosphoric acid groups is 1. The average Bonchev–Trinajstić information content (AvgIpc) is 3.16. The van der Waals surface area contributed by atoms with E-state index in [2.05, 4.69) is 32.1 Å². The fourth-order valence-electron chi connectivity index (χ4n) is 2.32. The number of hydrogen-bond acceptors (Lipinski definition) is 11. The van der Waals surface area contributed by atoms with Gasteiger partial charge in [0.15, 0.2) is 17.7 Å². The summed E-state index contributed by atoms with van der Waals surface area (Å²) in [5.41, 5.74) is 11.2. The Bertz CT molecular complexity index is 802. The summed E-state index contributed by atoms with van der Waals surface area (Å²) in [4.78, 5) is 29.2. The number of imidazole rings is 1. The van der Waals surface area contributed by atoms with E-state index in [0.29, 0.717) is 12.1 Å². The molecule has 2 aromatic heterocycles. The lowest BCUT2D eigenvalue weighted by atomic mass is 10.1. The molecule has 0 amide bonds. The SMILES string of the molecule is NCCS.Nc1ncnc2c1ncn2[C@@H]1O[C@H](COP(=O)(O)O)[C@@H](O)[C@H]1O. The topological polar surface area (TPSA) is 212 Å². The Balaban J connectivity index is 0.000000596. The second kappa shape index (κ2) is 9.23. The molecule has 0 aromatic carbocycles. The Morgan fingerprint density at radius 3 is 2.56 bits per heavy atom. The van der Waals surface area contributed by atoms with Gasteiger partial charge in [-0.3, -0.25) is 9.09 Å². The van der Waals surface area contributed by atoms with Crippen LogP contribution in [0.25, 0.3) is 11.2 Å². The minimum Gasteiger partial charge on any atom is -0.387 e. The normalized spacial score (nSPS) is 25.4. The molecule has 13 nitrogen and oxygen atoms in total. The summed E-state index contributed by atoms with van der Waals surface area (Å²) in [6, 6.07) is 0. The number of ether oxygens (including phenoxy) is 1. The predicted octanol–water partition coefficient (Wildman–Crippen LogP) is -1.99. The van der Waals surface area contributed by atoms with Crippen LogP contribution in [0.2, 0.25) is 0 Å². The predicted molar refractivity (Wildman–Crippen MR) is 96.6 cm³/mol. The van der Waals surface area contributed by atoms with Crippen molar-refractivity contribution in [2.45, 2.75) is 24.5 Å². The lowest BCUT2D eigenvalue weighted by molar-refractivity contribution is -0.0504. The number of aliphatic hydroxyl groups excluding tert-OH is 2. The summed E-state index contributed by atoms with van der Waals surface area (Å²) in [5, 5.41) is 20.1. The van der Waals surface area contributed by atoms with Crippen molar-refractivity contribution in [2.24, 2.45) is 5.73 Å². The summed E-state index contributed by atoms with van der Waals surface area (Å²) in [7, 11) is -4.72. The lowest BCUT2D eigenvalue weighted by Crippen LogP contribution is -2.33. The highest BCUT2D eigenvalue weighted by molar-refractivity contribution is 7.80. The maximum atomic E-state index is 10.7. The highest BCUT2D eigenvalue weighted by atomic mass is 32.1. The van der Waals surface area contributed by atoms with E-state index in [-0.39, 0.29) is 11.5 Å². The zero-order valence-corrected chi connectivity index (χ0v) is 15.7. The highest BCUT2D eigenvalue weighted by Crippen LogP contribution is 2.38. The van der Waals surface area contributed by atoms with Gasteiger partial charge in [0, 0.05) is 12.3 Å². The van der Waals surface area contributed by atoms with Gasteiger partial charge in [0.05, 0.1) is 12.9 Å². The van der Waals surface area contributed by atoms with Crippen LogP contribution in [0.4, 0.5) is 5.82 Å². The third-order valence-corrected chi connectivity index (χ3v) is 4.28. The van der Waals surface area contributed by atoms with E-state index in [1.807, 2.05) is 0 Å². The van der Waals surface area contributed by atoms with Crippen LogP contribution in [-0.2, 0) is 13.8 Å². The van der Waals surface area contributed by atoms with Crippen molar-refractivity contribution in [3.05, 3.63) is 12.7 Å². The van der Waals surface area contributed by atoms with Gasteiger partial charge >= 0.3 is 7.82 Å². The first kappa shape index (κ1) is 21.9. The number of nitrogens with zero attached hydrogens (tertiary/aromatic N) is 4. The van der Waals surface area contributed by atoms with E-state index < -0.39 is 39.0 Å². The molecule has 3 heterocycles. The molecule has 0 saturated carbocycles. The van der Waals surface area contributed by atoms with Gasteiger partial charge in [-0.05, 0) is 0 Å². The Kier molecular flexibility index (Phi) is 7.50. The zero-order valence-electron chi connectivity index (χ0n) is 13.9. The van der Waals surface area contributed by atoms with Gasteiger partial charge < -0.3 is 36.2 Å². The van der Waals surface area contributed by atoms with Crippen LogP contribution in [0.15, 0.2) is 12.7 Å². The number of nitrogens with two attached hydrogens (primary N) is 2. The van der Waals surface area contributed by atoms with E-state index in [1.165, 1.54) is 17.2 Å². The number of hydrogen-bond donors (Lipinski definition) is 7. The summed E-state index contributed by atoms with van der Waals surface area (Å²) >= 11 is 3.80. The quantitative estimate of drug-likeness (QED) is 0.205. The molecule has 4 atom stereocenters. The molecule has 0 bridgehead atoms. The number of phosphoric ester groups is 1. The molecule has 0 radical (unpaired) electrons. The van der Waals surface area contributed by atoms with E-state index in [9.17, 15) is 14.8 Å². The third kappa shape index (κ3) is 5.34. The minimum absolute atomic E-state index is 0.142. The van der Waals surface area contributed by atoms with Crippen molar-refractivity contribution in [1.29, 1.82) is 0 Å². The van der Waals surface area contributed by atoms with Crippen LogP contribution in [0.3, 0.4) is 0 Å². The van der Waals surface area contributed by atoms with Gasteiger partial charge in [-0.25, -0.2) is 19.5 Å². The van der Waals surface area contributed by atoms with Gasteiger partial charge in [-0.1, -0.05) is 0 Å². The van der Waals surface area contributed by atoms with Crippen molar-refractivity contribution in [2.75, 3.05) is 24.6 Å². The Hall–Kier alpha value is -1.35. The number of nitrogen functional groups attached to an aromatic ring is 1. The summed E-state index contributed by atoms with van der Waals surface area (Å²) in [5.74, 6) is 0.933. The van der Waals surface area contributed by atoms with Crippen LogP contribution in [0.1, 0.15) is 6.23 Å². The molecule has 152 valence electrons. The fraction of sp³-hybridized carbons (Fsp3) is 0.583. The number of thiol groups is 1. The van der Waals surface area contributed by atoms with E-state index in [4.69, 9.17) is 26.0 Å². The van der Waals surface area contributed by atoms with E-state index in [1.54, 1.807) is 0 Å². The molecular formula is C12H21N6O7PS. The standard InChI is InChI=1S/C10H14N5O7P.C2H7NS/c11-8-5-9(13-2-12-8)15(3-14-5)10-7(17)6(16)4(22-10)1-21-23(18,19)20;3-1-2-4/h2-4,6-7,10,16-17H,1H2,(H2,11,12,13)(H2,18,19,20);4H,1-3H2/t4-,6-,7-,10-;/m1./s1.